The topological polar surface area (TPSA) is 66.9 Å². The zero-order valence-corrected chi connectivity index (χ0v) is 17.4. The molecule has 5 nitrogen and oxygen atoms in total. The number of ketones is 1. The van der Waals surface area contributed by atoms with Crippen molar-refractivity contribution >= 4 is 28.9 Å². The number of rotatable bonds is 4. The number of hydrogen-bond acceptors (Lipinski definition) is 5. The van der Waals surface area contributed by atoms with Crippen LogP contribution in [0.4, 0.5) is 23.1 Å². The summed E-state index contributed by atoms with van der Waals surface area (Å²) in [5.41, 5.74) is 8.05. The number of carbonyl (C=O) groups excluding carboxylic acids is 1. The van der Waals surface area contributed by atoms with Crippen LogP contribution in [0.25, 0.3) is 0 Å². The molecule has 0 atom stereocenters. The highest BCUT2D eigenvalue weighted by Gasteiger charge is 2.25. The molecule has 148 valence electrons. The predicted octanol–water partition coefficient (Wildman–Crippen LogP) is 5.72. The Bertz CT molecular complexity index is 1080. The molecule has 0 fully saturated rings. The van der Waals surface area contributed by atoms with Gasteiger partial charge in [0.1, 0.15) is 5.82 Å². The summed E-state index contributed by atoms with van der Waals surface area (Å²) in [4.78, 5) is 22.1. The minimum Gasteiger partial charge on any atom is -0.339 e. The van der Waals surface area contributed by atoms with Crippen LogP contribution in [0.1, 0.15) is 51.1 Å². The zero-order valence-electron chi connectivity index (χ0n) is 17.4. The number of carbonyl (C=O) groups is 1. The van der Waals surface area contributed by atoms with E-state index in [1.54, 1.807) is 0 Å². The van der Waals surface area contributed by atoms with Gasteiger partial charge in [0.15, 0.2) is 5.78 Å². The number of hydrogen-bond donors (Lipinski definition) is 2. The molecule has 4 rings (SSSR count). The number of anilines is 4. The first-order valence-electron chi connectivity index (χ1n) is 10.0. The average molecular weight is 386 g/mol. The van der Waals surface area contributed by atoms with Gasteiger partial charge in [-0.25, -0.2) is 4.98 Å². The summed E-state index contributed by atoms with van der Waals surface area (Å²) in [5, 5.41) is 6.75. The molecule has 0 aliphatic heterocycles. The third kappa shape index (κ3) is 3.86. The van der Waals surface area contributed by atoms with Gasteiger partial charge in [-0.1, -0.05) is 24.3 Å². The number of Topliss-reactive ketones (excluding diaryl/α,β-unsaturated/α-hetero) is 1. The van der Waals surface area contributed by atoms with Gasteiger partial charge < -0.3 is 10.6 Å². The van der Waals surface area contributed by atoms with Gasteiger partial charge in [0, 0.05) is 17.8 Å². The Morgan fingerprint density at radius 1 is 0.828 bits per heavy atom. The monoisotopic (exact) mass is 386 g/mol. The Morgan fingerprint density at radius 3 is 2.31 bits per heavy atom. The van der Waals surface area contributed by atoms with Crippen molar-refractivity contribution in [3.63, 3.8) is 0 Å². The van der Waals surface area contributed by atoms with Gasteiger partial charge in [-0.3, -0.25) is 4.79 Å². The molecule has 1 aliphatic rings. The van der Waals surface area contributed by atoms with Crippen molar-refractivity contribution < 1.29 is 4.79 Å². The van der Waals surface area contributed by atoms with E-state index in [0.717, 1.165) is 41.0 Å². The van der Waals surface area contributed by atoms with E-state index >= 15 is 0 Å². The van der Waals surface area contributed by atoms with Gasteiger partial charge in [0.05, 0.1) is 11.3 Å². The minimum absolute atomic E-state index is 0.109. The van der Waals surface area contributed by atoms with Crippen LogP contribution >= 0.6 is 0 Å². The lowest BCUT2D eigenvalue weighted by atomic mass is 9.95. The Labute approximate surface area is 171 Å². The van der Waals surface area contributed by atoms with Gasteiger partial charge in [0.2, 0.25) is 5.95 Å². The Hall–Kier alpha value is -3.21. The van der Waals surface area contributed by atoms with Gasteiger partial charge in [-0.05, 0) is 74.9 Å². The van der Waals surface area contributed by atoms with E-state index < -0.39 is 0 Å². The third-order valence-corrected chi connectivity index (χ3v) is 5.57. The molecule has 1 aromatic heterocycles. The first kappa shape index (κ1) is 19.1. The second-order valence-corrected chi connectivity index (χ2v) is 7.81. The molecule has 0 amide bonds. The number of aromatic nitrogens is 2. The minimum atomic E-state index is 0.109. The van der Waals surface area contributed by atoms with E-state index in [2.05, 4.69) is 67.6 Å². The maximum Gasteiger partial charge on any atom is 0.229 e. The molecule has 29 heavy (non-hydrogen) atoms. The fraction of sp³-hybridized carbons (Fsp3) is 0.292. The quantitative estimate of drug-likeness (QED) is 0.600. The van der Waals surface area contributed by atoms with Crippen LogP contribution in [0.15, 0.2) is 36.4 Å². The van der Waals surface area contributed by atoms with Crippen LogP contribution in [0, 0.1) is 27.7 Å². The number of aryl methyl sites for hydroxylation is 5. The standard InChI is InChI=1S/C24H26N4O/c1-14-11-12-18(13-17(14)4)25-24-26-19-9-6-10-20(29)21(19)23(28-24)27-22-15(2)7-5-8-16(22)3/h5,7-8,11-13H,6,9-10H2,1-4H3,(H2,25,26,27,28). The molecule has 0 unspecified atom stereocenters. The fourth-order valence-electron chi connectivity index (χ4n) is 3.75. The van der Waals surface area contributed by atoms with Gasteiger partial charge >= 0.3 is 0 Å². The predicted molar refractivity (Wildman–Crippen MR) is 118 cm³/mol. The largest absolute Gasteiger partial charge is 0.339 e. The number of benzene rings is 2. The molecule has 0 saturated carbocycles. The molecular weight excluding hydrogens is 360 g/mol. The molecule has 0 spiro atoms. The van der Waals surface area contributed by atoms with Gasteiger partial charge in [-0.15, -0.1) is 0 Å². The lowest BCUT2D eigenvalue weighted by molar-refractivity contribution is 0.0972. The van der Waals surface area contributed by atoms with Crippen LogP contribution in [0.2, 0.25) is 0 Å². The van der Waals surface area contributed by atoms with Crippen molar-refractivity contribution in [1.29, 1.82) is 0 Å². The number of para-hydroxylation sites is 1. The molecule has 5 heteroatoms. The maximum absolute atomic E-state index is 12.7. The second-order valence-electron chi connectivity index (χ2n) is 7.81. The molecule has 2 aromatic carbocycles. The zero-order chi connectivity index (χ0) is 20.5. The Morgan fingerprint density at radius 2 is 1.59 bits per heavy atom. The highest BCUT2D eigenvalue weighted by molar-refractivity contribution is 6.03. The van der Waals surface area contributed by atoms with E-state index in [1.165, 1.54) is 11.1 Å². The van der Waals surface area contributed by atoms with Crippen molar-refractivity contribution in [2.75, 3.05) is 10.6 Å². The van der Waals surface area contributed by atoms with Crippen molar-refractivity contribution in [3.8, 4) is 0 Å². The molecule has 0 radical (unpaired) electrons. The first-order chi connectivity index (χ1) is 13.9. The van der Waals surface area contributed by atoms with Crippen molar-refractivity contribution in [1.82, 2.24) is 9.97 Å². The summed E-state index contributed by atoms with van der Waals surface area (Å²) >= 11 is 0. The summed E-state index contributed by atoms with van der Waals surface area (Å²) in [5.74, 6) is 1.21. The summed E-state index contributed by atoms with van der Waals surface area (Å²) in [6.07, 6.45) is 2.16. The van der Waals surface area contributed by atoms with Gasteiger partial charge in [-0.2, -0.15) is 4.98 Å². The van der Waals surface area contributed by atoms with Crippen LogP contribution in [0.3, 0.4) is 0 Å². The number of nitrogens with zero attached hydrogens (tertiary/aromatic N) is 2. The van der Waals surface area contributed by atoms with E-state index in [-0.39, 0.29) is 5.78 Å². The highest BCUT2D eigenvalue weighted by atomic mass is 16.1. The Kier molecular flexibility index (Phi) is 5.05. The van der Waals surface area contributed by atoms with Crippen molar-refractivity contribution in [2.24, 2.45) is 0 Å². The van der Waals surface area contributed by atoms with E-state index in [1.807, 2.05) is 12.1 Å². The molecular formula is C24H26N4O. The average Bonchev–Trinajstić information content (AvgIpc) is 2.67. The summed E-state index contributed by atoms with van der Waals surface area (Å²) in [7, 11) is 0. The third-order valence-electron chi connectivity index (χ3n) is 5.57. The lowest BCUT2D eigenvalue weighted by Gasteiger charge is -2.21. The molecule has 0 bridgehead atoms. The van der Waals surface area contributed by atoms with Gasteiger partial charge in [0.25, 0.3) is 0 Å². The van der Waals surface area contributed by atoms with E-state index in [0.29, 0.717) is 23.8 Å². The summed E-state index contributed by atoms with van der Waals surface area (Å²) in [6.45, 7) is 8.28. The maximum atomic E-state index is 12.7. The second kappa shape index (κ2) is 7.66. The smallest absolute Gasteiger partial charge is 0.229 e. The summed E-state index contributed by atoms with van der Waals surface area (Å²) in [6, 6.07) is 12.3. The van der Waals surface area contributed by atoms with E-state index in [9.17, 15) is 4.79 Å². The molecule has 1 heterocycles. The molecule has 2 N–H and O–H groups in total. The molecule has 1 aliphatic carbocycles. The summed E-state index contributed by atoms with van der Waals surface area (Å²) < 4.78 is 0. The number of nitrogens with one attached hydrogen (secondary N) is 2. The van der Waals surface area contributed by atoms with Crippen LogP contribution in [-0.4, -0.2) is 15.8 Å². The Balaban J connectivity index is 1.77. The number of fused-ring (bicyclic) bond motifs is 1. The lowest BCUT2D eigenvalue weighted by Crippen LogP contribution is -2.18. The van der Waals surface area contributed by atoms with E-state index in [4.69, 9.17) is 4.98 Å². The van der Waals surface area contributed by atoms with Crippen molar-refractivity contribution in [2.45, 2.75) is 47.0 Å². The first-order valence-corrected chi connectivity index (χ1v) is 10.0. The highest BCUT2D eigenvalue weighted by Crippen LogP contribution is 2.32. The fourth-order valence-corrected chi connectivity index (χ4v) is 3.75. The molecule has 3 aromatic rings. The normalized spacial score (nSPS) is 13.2. The molecule has 0 saturated heterocycles. The van der Waals surface area contributed by atoms with Crippen LogP contribution in [-0.2, 0) is 6.42 Å². The SMILES string of the molecule is Cc1ccc(Nc2nc3c(c(Nc4c(C)cccc4C)n2)C(=O)CCC3)cc1C. The van der Waals surface area contributed by atoms with Crippen LogP contribution in [0.5, 0.6) is 0 Å². The van der Waals surface area contributed by atoms with Crippen molar-refractivity contribution in [3.05, 3.63) is 69.9 Å². The van der Waals surface area contributed by atoms with Crippen LogP contribution < -0.4 is 10.6 Å².